The van der Waals surface area contributed by atoms with Gasteiger partial charge in [0.25, 0.3) is 0 Å². The number of hydrogen-bond donors (Lipinski definition) is 3. The van der Waals surface area contributed by atoms with Gasteiger partial charge in [-0.3, -0.25) is 9.89 Å². The molecular weight excluding hydrogens is 326 g/mol. The zero-order chi connectivity index (χ0) is 18.4. The third-order valence-electron chi connectivity index (χ3n) is 4.23. The van der Waals surface area contributed by atoms with Gasteiger partial charge in [0.15, 0.2) is 5.82 Å². The minimum Gasteiger partial charge on any atom is -0.326 e. The first kappa shape index (κ1) is 17.8. The van der Waals surface area contributed by atoms with Crippen molar-refractivity contribution in [2.75, 3.05) is 5.32 Å². The van der Waals surface area contributed by atoms with Crippen LogP contribution in [0.4, 0.5) is 5.69 Å². The van der Waals surface area contributed by atoms with Crippen molar-refractivity contribution < 1.29 is 4.79 Å². The van der Waals surface area contributed by atoms with Crippen LogP contribution < -0.4 is 11.1 Å². The zero-order valence-electron chi connectivity index (χ0n) is 14.8. The largest absolute Gasteiger partial charge is 0.326 e. The highest BCUT2D eigenvalue weighted by Crippen LogP contribution is 2.24. The van der Waals surface area contributed by atoms with Crippen molar-refractivity contribution >= 4 is 11.6 Å². The number of hydrogen-bond acceptors (Lipinski definition) is 4. The molecule has 134 valence electrons. The van der Waals surface area contributed by atoms with Crippen molar-refractivity contribution in [1.82, 2.24) is 15.2 Å². The second-order valence-electron chi connectivity index (χ2n) is 6.13. The van der Waals surface area contributed by atoms with E-state index in [-0.39, 0.29) is 11.8 Å². The Morgan fingerprint density at radius 1 is 1.15 bits per heavy atom. The maximum absolute atomic E-state index is 12.7. The van der Waals surface area contributed by atoms with Gasteiger partial charge in [0, 0.05) is 11.3 Å². The summed E-state index contributed by atoms with van der Waals surface area (Å²) in [6.45, 7) is 2.41. The van der Waals surface area contributed by atoms with Gasteiger partial charge in [-0.1, -0.05) is 43.7 Å². The minimum atomic E-state index is -0.152. The maximum atomic E-state index is 12.7. The standard InChI is InChI=1S/C20H23N5O/c1-2-6-17(14-7-4-3-5-8-14)20(26)22-16-11-9-15(10-12-16)19-23-18(13-21)24-25-19/h3-5,7-12,17H,2,6,13,21H2,1H3,(H,22,26)(H,23,24,25). The highest BCUT2D eigenvalue weighted by atomic mass is 16.1. The normalized spacial score (nSPS) is 11.9. The lowest BCUT2D eigenvalue weighted by molar-refractivity contribution is -0.117. The smallest absolute Gasteiger partial charge is 0.231 e. The van der Waals surface area contributed by atoms with Gasteiger partial charge < -0.3 is 11.1 Å². The molecule has 6 nitrogen and oxygen atoms in total. The molecule has 3 rings (SSSR count). The molecule has 3 aromatic rings. The van der Waals surface area contributed by atoms with Crippen LogP contribution in [-0.4, -0.2) is 21.1 Å². The molecule has 2 aromatic carbocycles. The van der Waals surface area contributed by atoms with Gasteiger partial charge in [-0.15, -0.1) is 0 Å². The SMILES string of the molecule is CCCC(C(=O)Nc1ccc(-c2n[nH]c(CN)n2)cc1)c1ccccc1. The van der Waals surface area contributed by atoms with E-state index >= 15 is 0 Å². The molecule has 26 heavy (non-hydrogen) atoms. The number of aromatic amines is 1. The van der Waals surface area contributed by atoms with Crippen molar-refractivity contribution in [2.45, 2.75) is 32.2 Å². The molecule has 0 aliphatic carbocycles. The van der Waals surface area contributed by atoms with E-state index in [0.29, 0.717) is 18.2 Å². The number of anilines is 1. The summed E-state index contributed by atoms with van der Waals surface area (Å²) in [5, 5.41) is 9.94. The molecule has 0 fully saturated rings. The van der Waals surface area contributed by atoms with E-state index in [2.05, 4.69) is 27.4 Å². The highest BCUT2D eigenvalue weighted by Gasteiger charge is 2.19. The van der Waals surface area contributed by atoms with Crippen LogP contribution in [0.5, 0.6) is 0 Å². The van der Waals surface area contributed by atoms with Crippen LogP contribution in [0.25, 0.3) is 11.4 Å². The van der Waals surface area contributed by atoms with Gasteiger partial charge >= 0.3 is 0 Å². The summed E-state index contributed by atoms with van der Waals surface area (Å²) in [5.74, 6) is 1.09. The van der Waals surface area contributed by atoms with Crippen LogP contribution in [0, 0.1) is 0 Å². The monoisotopic (exact) mass is 349 g/mol. The lowest BCUT2D eigenvalue weighted by Crippen LogP contribution is -2.21. The summed E-state index contributed by atoms with van der Waals surface area (Å²) in [6, 6.07) is 17.4. The second-order valence-corrected chi connectivity index (χ2v) is 6.13. The molecule has 0 aliphatic rings. The van der Waals surface area contributed by atoms with Crippen LogP contribution in [0.2, 0.25) is 0 Å². The number of nitrogens with one attached hydrogen (secondary N) is 2. The predicted octanol–water partition coefficient (Wildman–Crippen LogP) is 3.45. The predicted molar refractivity (Wildman–Crippen MR) is 102 cm³/mol. The molecule has 0 spiro atoms. The van der Waals surface area contributed by atoms with Gasteiger partial charge in [0.2, 0.25) is 5.91 Å². The van der Waals surface area contributed by atoms with E-state index in [1.165, 1.54) is 0 Å². The number of aromatic nitrogens is 3. The minimum absolute atomic E-state index is 0.00844. The number of benzene rings is 2. The fourth-order valence-electron chi connectivity index (χ4n) is 2.87. The van der Waals surface area contributed by atoms with Gasteiger partial charge in [0.1, 0.15) is 5.82 Å². The van der Waals surface area contributed by atoms with E-state index < -0.39 is 0 Å². The number of carbonyl (C=O) groups is 1. The number of rotatable bonds is 7. The lowest BCUT2D eigenvalue weighted by Gasteiger charge is -2.16. The van der Waals surface area contributed by atoms with Crippen LogP contribution in [0.15, 0.2) is 54.6 Å². The molecule has 1 heterocycles. The maximum Gasteiger partial charge on any atom is 0.231 e. The molecule has 4 N–H and O–H groups in total. The summed E-state index contributed by atoms with van der Waals surface area (Å²) < 4.78 is 0. The molecule has 6 heteroatoms. The number of amides is 1. The third kappa shape index (κ3) is 4.15. The Bertz CT molecular complexity index is 842. The summed E-state index contributed by atoms with van der Waals surface area (Å²) >= 11 is 0. The highest BCUT2D eigenvalue weighted by molar-refractivity contribution is 5.96. The Labute approximate surface area is 152 Å². The summed E-state index contributed by atoms with van der Waals surface area (Å²) in [7, 11) is 0. The van der Waals surface area contributed by atoms with Crippen molar-refractivity contribution in [3.63, 3.8) is 0 Å². The topological polar surface area (TPSA) is 96.7 Å². The van der Waals surface area contributed by atoms with Crippen LogP contribution >= 0.6 is 0 Å². The third-order valence-corrected chi connectivity index (χ3v) is 4.23. The van der Waals surface area contributed by atoms with E-state index in [4.69, 9.17) is 5.73 Å². The zero-order valence-corrected chi connectivity index (χ0v) is 14.8. The molecule has 0 saturated carbocycles. The summed E-state index contributed by atoms with van der Waals surface area (Å²) in [6.07, 6.45) is 1.76. The Hall–Kier alpha value is -2.99. The fourth-order valence-corrected chi connectivity index (χ4v) is 2.87. The number of nitrogens with zero attached hydrogens (tertiary/aromatic N) is 2. The quantitative estimate of drug-likeness (QED) is 0.608. The average Bonchev–Trinajstić information content (AvgIpc) is 3.16. The van der Waals surface area contributed by atoms with Crippen molar-refractivity contribution in [3.8, 4) is 11.4 Å². The van der Waals surface area contributed by atoms with E-state index in [0.717, 1.165) is 29.7 Å². The number of carbonyl (C=O) groups excluding carboxylic acids is 1. The molecule has 0 aliphatic heterocycles. The molecule has 0 saturated heterocycles. The van der Waals surface area contributed by atoms with Crippen molar-refractivity contribution in [1.29, 1.82) is 0 Å². The Morgan fingerprint density at radius 2 is 1.88 bits per heavy atom. The van der Waals surface area contributed by atoms with E-state index in [1.807, 2.05) is 54.6 Å². The lowest BCUT2D eigenvalue weighted by atomic mass is 9.93. The molecule has 0 radical (unpaired) electrons. The van der Waals surface area contributed by atoms with Crippen LogP contribution in [0.3, 0.4) is 0 Å². The van der Waals surface area contributed by atoms with Crippen LogP contribution in [-0.2, 0) is 11.3 Å². The van der Waals surface area contributed by atoms with Gasteiger partial charge in [-0.25, -0.2) is 4.98 Å². The van der Waals surface area contributed by atoms with Crippen molar-refractivity contribution in [3.05, 3.63) is 66.0 Å². The number of nitrogens with two attached hydrogens (primary N) is 1. The van der Waals surface area contributed by atoms with Crippen LogP contribution in [0.1, 0.15) is 37.1 Å². The summed E-state index contributed by atoms with van der Waals surface area (Å²) in [4.78, 5) is 17.0. The molecule has 1 amide bonds. The Balaban J connectivity index is 1.72. The molecule has 1 unspecified atom stereocenters. The summed E-state index contributed by atoms with van der Waals surface area (Å²) in [5.41, 5.74) is 8.20. The molecular formula is C20H23N5O. The van der Waals surface area contributed by atoms with E-state index in [9.17, 15) is 4.79 Å². The molecule has 1 atom stereocenters. The molecule has 1 aromatic heterocycles. The Morgan fingerprint density at radius 3 is 2.50 bits per heavy atom. The first-order valence-corrected chi connectivity index (χ1v) is 8.79. The first-order valence-electron chi connectivity index (χ1n) is 8.79. The second kappa shape index (κ2) is 8.40. The van der Waals surface area contributed by atoms with Gasteiger partial charge in [-0.05, 0) is 36.2 Å². The average molecular weight is 349 g/mol. The van der Waals surface area contributed by atoms with Gasteiger partial charge in [-0.2, -0.15) is 5.10 Å². The van der Waals surface area contributed by atoms with Crippen molar-refractivity contribution in [2.24, 2.45) is 5.73 Å². The van der Waals surface area contributed by atoms with Gasteiger partial charge in [0.05, 0.1) is 12.5 Å². The molecule has 0 bridgehead atoms. The fraction of sp³-hybridized carbons (Fsp3) is 0.250. The number of H-pyrrole nitrogens is 1. The first-order chi connectivity index (χ1) is 12.7. The van der Waals surface area contributed by atoms with E-state index in [1.54, 1.807) is 0 Å². The Kier molecular flexibility index (Phi) is 5.76.